The van der Waals surface area contributed by atoms with E-state index in [1.165, 1.54) is 5.56 Å². The number of aromatic nitrogens is 1. The number of nitrogens with one attached hydrogen (secondary N) is 1. The lowest BCUT2D eigenvalue weighted by atomic mass is 10.1. The number of furan rings is 1. The van der Waals surface area contributed by atoms with E-state index < -0.39 is 0 Å². The molecular formula is C23H17N3O2. The van der Waals surface area contributed by atoms with Crippen LogP contribution in [0, 0.1) is 0 Å². The molecule has 2 heterocycles. The molecule has 1 amide bonds. The van der Waals surface area contributed by atoms with Crippen LogP contribution in [0.4, 0.5) is 0 Å². The first kappa shape index (κ1) is 16.4. The summed E-state index contributed by atoms with van der Waals surface area (Å²) < 4.78 is 5.46. The molecule has 136 valence electrons. The first-order valence-corrected chi connectivity index (χ1v) is 9.18. The van der Waals surface area contributed by atoms with Gasteiger partial charge in [0.15, 0.2) is 5.76 Å². The van der Waals surface area contributed by atoms with Gasteiger partial charge in [-0.15, -0.1) is 0 Å². The Morgan fingerprint density at radius 3 is 2.75 bits per heavy atom. The number of para-hydroxylation sites is 1. The van der Waals surface area contributed by atoms with Crippen molar-refractivity contribution in [1.29, 1.82) is 0 Å². The maximum atomic E-state index is 13.0. The zero-order chi connectivity index (χ0) is 18.9. The van der Waals surface area contributed by atoms with Gasteiger partial charge in [0.25, 0.3) is 5.91 Å². The molecule has 0 atom stereocenters. The summed E-state index contributed by atoms with van der Waals surface area (Å²) in [6.07, 6.45) is 3.37. The second kappa shape index (κ2) is 6.78. The number of nitrogens with zero attached hydrogens (tertiary/aromatic N) is 2. The summed E-state index contributed by atoms with van der Waals surface area (Å²) in [5, 5.41) is 5.19. The second-order valence-corrected chi connectivity index (χ2v) is 6.71. The van der Waals surface area contributed by atoms with Gasteiger partial charge in [-0.2, -0.15) is 5.10 Å². The Bertz CT molecular complexity index is 1210. The van der Waals surface area contributed by atoms with Crippen LogP contribution in [0.3, 0.4) is 0 Å². The maximum absolute atomic E-state index is 13.0. The average Bonchev–Trinajstić information content (AvgIpc) is 3.41. The van der Waals surface area contributed by atoms with Gasteiger partial charge in [0.1, 0.15) is 5.69 Å². The molecule has 0 bridgehead atoms. The van der Waals surface area contributed by atoms with E-state index in [0.29, 0.717) is 17.0 Å². The Hall–Kier alpha value is -3.73. The van der Waals surface area contributed by atoms with Crippen LogP contribution in [0.15, 0.2) is 82.5 Å². The Balaban J connectivity index is 1.52. The number of rotatable bonds is 3. The van der Waals surface area contributed by atoms with E-state index in [9.17, 15) is 4.79 Å². The summed E-state index contributed by atoms with van der Waals surface area (Å²) in [5.74, 6) is 0.360. The zero-order valence-electron chi connectivity index (χ0n) is 15.1. The minimum absolute atomic E-state index is 0.261. The predicted octanol–water partition coefficient (Wildman–Crippen LogP) is 4.58. The van der Waals surface area contributed by atoms with Crippen molar-refractivity contribution >= 4 is 22.5 Å². The highest BCUT2D eigenvalue weighted by Gasteiger charge is 2.18. The van der Waals surface area contributed by atoms with Crippen molar-refractivity contribution in [3.8, 4) is 11.5 Å². The van der Waals surface area contributed by atoms with Crippen molar-refractivity contribution in [1.82, 2.24) is 10.4 Å². The predicted molar refractivity (Wildman–Crippen MR) is 108 cm³/mol. The molecule has 0 aliphatic heterocycles. The summed E-state index contributed by atoms with van der Waals surface area (Å²) >= 11 is 0. The fourth-order valence-corrected chi connectivity index (χ4v) is 3.62. The number of hydrazone groups is 1. The topological polar surface area (TPSA) is 67.5 Å². The number of hydrogen-bond acceptors (Lipinski definition) is 4. The Morgan fingerprint density at radius 2 is 1.86 bits per heavy atom. The van der Waals surface area contributed by atoms with Gasteiger partial charge < -0.3 is 4.42 Å². The van der Waals surface area contributed by atoms with Crippen molar-refractivity contribution in [2.24, 2.45) is 5.10 Å². The number of fused-ring (bicyclic) bond motifs is 2. The van der Waals surface area contributed by atoms with E-state index >= 15 is 0 Å². The number of hydrogen-bond donors (Lipinski definition) is 1. The van der Waals surface area contributed by atoms with Crippen molar-refractivity contribution in [3.05, 3.63) is 89.7 Å². The number of pyridine rings is 1. The molecule has 0 unspecified atom stereocenters. The molecule has 2 aromatic heterocycles. The van der Waals surface area contributed by atoms with Crippen LogP contribution < -0.4 is 5.43 Å². The molecule has 0 fully saturated rings. The van der Waals surface area contributed by atoms with Crippen LogP contribution in [-0.2, 0) is 6.42 Å². The molecular weight excluding hydrogens is 350 g/mol. The minimum Gasteiger partial charge on any atom is -0.463 e. The lowest BCUT2D eigenvalue weighted by Gasteiger charge is -2.08. The zero-order valence-corrected chi connectivity index (χ0v) is 15.1. The van der Waals surface area contributed by atoms with Crippen LogP contribution in [0.1, 0.15) is 27.9 Å². The number of carbonyl (C=O) groups excluding carboxylic acids is 1. The summed E-state index contributed by atoms with van der Waals surface area (Å²) in [6, 6.07) is 21.1. The Morgan fingerprint density at radius 1 is 1.00 bits per heavy atom. The van der Waals surface area contributed by atoms with Crippen molar-refractivity contribution in [3.63, 3.8) is 0 Å². The highest BCUT2D eigenvalue weighted by Crippen LogP contribution is 2.25. The van der Waals surface area contributed by atoms with Crippen LogP contribution in [-0.4, -0.2) is 16.6 Å². The molecule has 0 saturated carbocycles. The van der Waals surface area contributed by atoms with E-state index in [2.05, 4.69) is 21.6 Å². The number of carbonyl (C=O) groups is 1. The summed E-state index contributed by atoms with van der Waals surface area (Å²) in [5.41, 5.74) is 7.90. The normalized spacial score (nSPS) is 14.4. The molecule has 5 rings (SSSR count). The van der Waals surface area contributed by atoms with Crippen molar-refractivity contribution in [2.75, 3.05) is 0 Å². The quantitative estimate of drug-likeness (QED) is 0.539. The van der Waals surface area contributed by atoms with Crippen LogP contribution >= 0.6 is 0 Å². The number of benzene rings is 2. The molecule has 0 saturated heterocycles. The van der Waals surface area contributed by atoms with Crippen molar-refractivity contribution < 1.29 is 9.21 Å². The molecule has 5 nitrogen and oxygen atoms in total. The standard InChI is InChI=1S/C23H17N3O2/c27-23(26-25-20-12-11-15-6-1-2-7-16(15)20)18-14-21(22-10-5-13-28-22)24-19-9-4-3-8-17(18)19/h1-10,13-14H,11-12H2,(H,26,27). The third kappa shape index (κ3) is 2.87. The average molecular weight is 367 g/mol. The lowest BCUT2D eigenvalue weighted by Crippen LogP contribution is -2.20. The molecule has 0 radical (unpaired) electrons. The van der Waals surface area contributed by atoms with E-state index in [1.54, 1.807) is 18.4 Å². The molecule has 0 spiro atoms. The van der Waals surface area contributed by atoms with Crippen LogP contribution in [0.5, 0.6) is 0 Å². The SMILES string of the molecule is O=C(NN=C1CCc2ccccc21)c1cc(-c2ccco2)nc2ccccc12. The number of amides is 1. The van der Waals surface area contributed by atoms with Crippen LogP contribution in [0.25, 0.3) is 22.4 Å². The smallest absolute Gasteiger partial charge is 0.272 e. The molecule has 2 aromatic carbocycles. The minimum atomic E-state index is -0.261. The summed E-state index contributed by atoms with van der Waals surface area (Å²) in [6.45, 7) is 0. The van der Waals surface area contributed by atoms with E-state index in [4.69, 9.17) is 4.42 Å². The monoisotopic (exact) mass is 367 g/mol. The van der Waals surface area contributed by atoms with Gasteiger partial charge in [0.2, 0.25) is 0 Å². The van der Waals surface area contributed by atoms with Gasteiger partial charge in [0.05, 0.1) is 23.1 Å². The first-order valence-electron chi connectivity index (χ1n) is 9.18. The molecule has 28 heavy (non-hydrogen) atoms. The molecule has 4 aromatic rings. The van der Waals surface area contributed by atoms with E-state index in [0.717, 1.165) is 35.0 Å². The fraction of sp³-hybridized carbons (Fsp3) is 0.0870. The fourth-order valence-electron chi connectivity index (χ4n) is 3.62. The van der Waals surface area contributed by atoms with Gasteiger partial charge in [-0.25, -0.2) is 10.4 Å². The lowest BCUT2D eigenvalue weighted by molar-refractivity contribution is 0.0956. The second-order valence-electron chi connectivity index (χ2n) is 6.71. The molecule has 1 N–H and O–H groups in total. The van der Waals surface area contributed by atoms with E-state index in [-0.39, 0.29) is 5.91 Å². The molecule has 5 heteroatoms. The van der Waals surface area contributed by atoms with Gasteiger partial charge in [0, 0.05) is 10.9 Å². The number of aryl methyl sites for hydroxylation is 1. The highest BCUT2D eigenvalue weighted by atomic mass is 16.3. The third-order valence-corrected chi connectivity index (χ3v) is 4.99. The highest BCUT2D eigenvalue weighted by molar-refractivity contribution is 6.09. The summed E-state index contributed by atoms with van der Waals surface area (Å²) in [7, 11) is 0. The molecule has 1 aliphatic rings. The van der Waals surface area contributed by atoms with Gasteiger partial charge >= 0.3 is 0 Å². The Kier molecular flexibility index (Phi) is 3.98. The van der Waals surface area contributed by atoms with Gasteiger partial charge in [-0.1, -0.05) is 42.5 Å². The Labute approximate surface area is 161 Å². The van der Waals surface area contributed by atoms with Crippen molar-refractivity contribution in [2.45, 2.75) is 12.8 Å². The third-order valence-electron chi connectivity index (χ3n) is 4.99. The maximum Gasteiger partial charge on any atom is 0.272 e. The van der Waals surface area contributed by atoms with Gasteiger partial charge in [-0.05, 0) is 42.7 Å². The summed E-state index contributed by atoms with van der Waals surface area (Å²) in [4.78, 5) is 17.6. The van der Waals surface area contributed by atoms with Crippen LogP contribution in [0.2, 0.25) is 0 Å². The largest absolute Gasteiger partial charge is 0.463 e. The first-order chi connectivity index (χ1) is 13.8. The van der Waals surface area contributed by atoms with E-state index in [1.807, 2.05) is 48.5 Å². The molecule has 1 aliphatic carbocycles. The van der Waals surface area contributed by atoms with Gasteiger partial charge in [-0.3, -0.25) is 4.79 Å².